The van der Waals surface area contributed by atoms with E-state index in [9.17, 15) is 4.79 Å². The molecule has 0 atom stereocenters. The van der Waals surface area contributed by atoms with Crippen LogP contribution in [-0.4, -0.2) is 30.3 Å². The topological polar surface area (TPSA) is 81.8 Å². The number of methoxy groups -OCH3 is 2. The van der Waals surface area contributed by atoms with Gasteiger partial charge in [-0.15, -0.1) is 0 Å². The number of aromatic carboxylic acids is 1. The van der Waals surface area contributed by atoms with Gasteiger partial charge in [0.1, 0.15) is 11.4 Å². The van der Waals surface area contributed by atoms with Gasteiger partial charge in [0.15, 0.2) is 0 Å². The summed E-state index contributed by atoms with van der Waals surface area (Å²) in [7, 11) is 2.93. The van der Waals surface area contributed by atoms with Crippen LogP contribution in [0.3, 0.4) is 0 Å². The molecular formula is C13H12ClNO5. The van der Waals surface area contributed by atoms with Gasteiger partial charge in [0.25, 0.3) is 0 Å². The highest BCUT2D eigenvalue weighted by Gasteiger charge is 2.22. The van der Waals surface area contributed by atoms with Crippen LogP contribution in [-0.2, 0) is 11.3 Å². The van der Waals surface area contributed by atoms with Crippen molar-refractivity contribution in [1.29, 1.82) is 0 Å². The fourth-order valence-electron chi connectivity index (χ4n) is 1.72. The number of carboxylic acids is 1. The fraction of sp³-hybridized carbons (Fsp3) is 0.231. The molecule has 6 nitrogen and oxygen atoms in total. The average Bonchev–Trinajstić information content (AvgIpc) is 2.83. The van der Waals surface area contributed by atoms with Crippen LogP contribution in [0.5, 0.6) is 5.75 Å². The van der Waals surface area contributed by atoms with Crippen LogP contribution >= 0.6 is 11.6 Å². The van der Waals surface area contributed by atoms with Crippen LogP contribution < -0.4 is 4.74 Å². The minimum Gasteiger partial charge on any atom is -0.496 e. The monoisotopic (exact) mass is 297 g/mol. The molecule has 0 bridgehead atoms. The molecule has 7 heteroatoms. The molecule has 0 unspecified atom stereocenters. The van der Waals surface area contributed by atoms with Gasteiger partial charge in [-0.1, -0.05) is 11.6 Å². The SMILES string of the molecule is COCc1nc(-c2cc(Cl)ccc2OC)oc1C(=O)O. The lowest BCUT2D eigenvalue weighted by Crippen LogP contribution is -2.00. The molecule has 2 rings (SSSR count). The van der Waals surface area contributed by atoms with E-state index in [4.69, 9.17) is 30.6 Å². The first-order chi connectivity index (χ1) is 9.56. The van der Waals surface area contributed by atoms with E-state index in [0.29, 0.717) is 16.3 Å². The van der Waals surface area contributed by atoms with Gasteiger partial charge in [0.2, 0.25) is 11.7 Å². The molecule has 0 fully saturated rings. The first kappa shape index (κ1) is 14.4. The van der Waals surface area contributed by atoms with Crippen molar-refractivity contribution < 1.29 is 23.8 Å². The lowest BCUT2D eigenvalue weighted by Gasteiger charge is -2.05. The molecule has 2 aromatic rings. The summed E-state index contributed by atoms with van der Waals surface area (Å²) < 4.78 is 15.4. The standard InChI is InChI=1S/C13H12ClNO5/c1-18-6-9-11(13(16)17)20-12(15-9)8-5-7(14)3-4-10(8)19-2/h3-5H,6H2,1-2H3,(H,16,17). The predicted molar refractivity (Wildman–Crippen MR) is 71.2 cm³/mol. The summed E-state index contributed by atoms with van der Waals surface area (Å²) in [5.41, 5.74) is 0.682. The number of benzene rings is 1. The molecule has 0 aliphatic heterocycles. The number of hydrogen-bond donors (Lipinski definition) is 1. The summed E-state index contributed by atoms with van der Waals surface area (Å²) in [6.07, 6.45) is 0. The molecule has 1 aromatic heterocycles. The van der Waals surface area contributed by atoms with Crippen LogP contribution in [0, 0.1) is 0 Å². The maximum Gasteiger partial charge on any atom is 0.373 e. The summed E-state index contributed by atoms with van der Waals surface area (Å²) in [5.74, 6) is -0.869. The summed E-state index contributed by atoms with van der Waals surface area (Å²) >= 11 is 5.93. The fourth-order valence-corrected chi connectivity index (χ4v) is 1.89. The molecule has 106 valence electrons. The van der Waals surface area contributed by atoms with E-state index in [-0.39, 0.29) is 24.0 Å². The Morgan fingerprint density at radius 1 is 1.45 bits per heavy atom. The molecule has 1 heterocycles. The number of carbonyl (C=O) groups is 1. The van der Waals surface area contributed by atoms with Crippen molar-refractivity contribution in [3.63, 3.8) is 0 Å². The first-order valence-corrected chi connectivity index (χ1v) is 6.00. The van der Waals surface area contributed by atoms with Crippen molar-refractivity contribution in [2.45, 2.75) is 6.61 Å². The highest BCUT2D eigenvalue weighted by Crippen LogP contribution is 2.33. The Balaban J connectivity index is 2.55. The number of oxazole rings is 1. The minimum atomic E-state index is -1.21. The maximum atomic E-state index is 11.1. The number of nitrogens with zero attached hydrogens (tertiary/aromatic N) is 1. The molecular weight excluding hydrogens is 286 g/mol. The van der Waals surface area contributed by atoms with E-state index in [1.165, 1.54) is 14.2 Å². The largest absolute Gasteiger partial charge is 0.496 e. The molecule has 0 saturated carbocycles. The van der Waals surface area contributed by atoms with E-state index >= 15 is 0 Å². The number of ether oxygens (including phenoxy) is 2. The summed E-state index contributed by atoms with van der Waals surface area (Å²) in [4.78, 5) is 15.2. The van der Waals surface area contributed by atoms with Crippen LogP contribution in [0.4, 0.5) is 0 Å². The van der Waals surface area contributed by atoms with Crippen molar-refractivity contribution >= 4 is 17.6 Å². The zero-order valence-electron chi connectivity index (χ0n) is 10.8. The van der Waals surface area contributed by atoms with Gasteiger partial charge in [-0.2, -0.15) is 0 Å². The second-order valence-electron chi connectivity index (χ2n) is 3.88. The van der Waals surface area contributed by atoms with E-state index in [1.54, 1.807) is 18.2 Å². The molecule has 1 aromatic carbocycles. The van der Waals surface area contributed by atoms with Gasteiger partial charge >= 0.3 is 5.97 Å². The number of hydrogen-bond acceptors (Lipinski definition) is 5. The molecule has 0 aliphatic carbocycles. The van der Waals surface area contributed by atoms with E-state index in [1.807, 2.05) is 0 Å². The maximum absolute atomic E-state index is 11.1. The Hall–Kier alpha value is -2.05. The van der Waals surface area contributed by atoms with Gasteiger partial charge in [0.05, 0.1) is 19.3 Å². The summed E-state index contributed by atoms with van der Waals surface area (Å²) in [6, 6.07) is 4.90. The third-order valence-electron chi connectivity index (χ3n) is 2.56. The highest BCUT2D eigenvalue weighted by atomic mass is 35.5. The number of rotatable bonds is 5. The van der Waals surface area contributed by atoms with Crippen molar-refractivity contribution in [3.8, 4) is 17.2 Å². The van der Waals surface area contributed by atoms with Crippen molar-refractivity contribution in [2.24, 2.45) is 0 Å². The Bertz CT molecular complexity index is 638. The smallest absolute Gasteiger partial charge is 0.373 e. The van der Waals surface area contributed by atoms with E-state index in [2.05, 4.69) is 4.98 Å². The van der Waals surface area contributed by atoms with Gasteiger partial charge in [0, 0.05) is 12.1 Å². The Morgan fingerprint density at radius 2 is 2.20 bits per heavy atom. The number of aromatic nitrogens is 1. The van der Waals surface area contributed by atoms with Crippen LogP contribution in [0.25, 0.3) is 11.5 Å². The molecule has 0 saturated heterocycles. The third-order valence-corrected chi connectivity index (χ3v) is 2.80. The van der Waals surface area contributed by atoms with Crippen molar-refractivity contribution in [1.82, 2.24) is 4.98 Å². The highest BCUT2D eigenvalue weighted by molar-refractivity contribution is 6.30. The third kappa shape index (κ3) is 2.76. The Kier molecular flexibility index (Phi) is 4.26. The Labute approximate surface area is 119 Å². The molecule has 0 aliphatic rings. The quantitative estimate of drug-likeness (QED) is 0.914. The van der Waals surface area contributed by atoms with Gasteiger partial charge in [-0.25, -0.2) is 9.78 Å². The molecule has 0 spiro atoms. The minimum absolute atomic E-state index is 0.0357. The summed E-state index contributed by atoms with van der Waals surface area (Å²) in [5, 5.41) is 9.55. The van der Waals surface area contributed by atoms with Gasteiger partial charge < -0.3 is 19.0 Å². The normalized spacial score (nSPS) is 10.6. The Morgan fingerprint density at radius 3 is 2.80 bits per heavy atom. The lowest BCUT2D eigenvalue weighted by atomic mass is 10.2. The van der Waals surface area contributed by atoms with E-state index in [0.717, 1.165) is 0 Å². The predicted octanol–water partition coefficient (Wildman–Crippen LogP) is 2.85. The van der Waals surface area contributed by atoms with E-state index < -0.39 is 5.97 Å². The first-order valence-electron chi connectivity index (χ1n) is 5.62. The average molecular weight is 298 g/mol. The lowest BCUT2D eigenvalue weighted by molar-refractivity contribution is 0.0656. The summed E-state index contributed by atoms with van der Waals surface area (Å²) in [6.45, 7) is 0.0357. The second-order valence-corrected chi connectivity index (χ2v) is 4.31. The number of halogens is 1. The number of carboxylic acid groups (broad SMARTS) is 1. The molecule has 0 radical (unpaired) electrons. The van der Waals surface area contributed by atoms with Crippen LogP contribution in [0.1, 0.15) is 16.2 Å². The van der Waals surface area contributed by atoms with Crippen molar-refractivity contribution in [3.05, 3.63) is 34.7 Å². The molecule has 20 heavy (non-hydrogen) atoms. The molecule has 0 amide bonds. The molecule has 1 N–H and O–H groups in total. The van der Waals surface area contributed by atoms with Crippen molar-refractivity contribution in [2.75, 3.05) is 14.2 Å². The van der Waals surface area contributed by atoms with Crippen LogP contribution in [0.15, 0.2) is 22.6 Å². The zero-order chi connectivity index (χ0) is 14.7. The zero-order valence-corrected chi connectivity index (χ0v) is 11.6. The van der Waals surface area contributed by atoms with Gasteiger partial charge in [-0.05, 0) is 18.2 Å². The second kappa shape index (κ2) is 5.94. The van der Waals surface area contributed by atoms with Crippen LogP contribution in [0.2, 0.25) is 5.02 Å². The van der Waals surface area contributed by atoms with Gasteiger partial charge in [-0.3, -0.25) is 0 Å².